The first-order valence-electron chi connectivity index (χ1n) is 18.5. The summed E-state index contributed by atoms with van der Waals surface area (Å²) >= 11 is 0. The van der Waals surface area contributed by atoms with Gasteiger partial charge in [-0.05, 0) is 116 Å². The molecule has 0 spiro atoms. The van der Waals surface area contributed by atoms with Gasteiger partial charge in [-0.25, -0.2) is 4.79 Å². The lowest BCUT2D eigenvalue weighted by Gasteiger charge is -2.56. The minimum absolute atomic E-state index is 0.000293. The van der Waals surface area contributed by atoms with Crippen LogP contribution in [0.3, 0.4) is 0 Å². The van der Waals surface area contributed by atoms with Gasteiger partial charge in [-0.1, -0.05) is 60.7 Å². The average molecular weight is 666 g/mol. The molecule has 0 unspecified atom stereocenters. The van der Waals surface area contributed by atoms with Crippen molar-refractivity contribution < 1.29 is 24.5 Å². The average Bonchev–Trinajstić information content (AvgIpc) is 3.57. The molecule has 49 heavy (non-hydrogen) atoms. The van der Waals surface area contributed by atoms with Crippen molar-refractivity contribution in [2.45, 2.75) is 101 Å². The Bertz CT molecular complexity index is 1580. The Kier molecular flexibility index (Phi) is 9.51. The standard InChI is InChI=1S/C41H51N3O5/c45-25-27-9-11-32(12-10-27)38-19-37(24-44-13-3-8-36(44)26-46)48-39(49-38)35-7-2-6-34(18-35)33-5-1-4-28(17-33)23-42-40(47)43-41-20-29-14-30(21-41)16-31(15-29)22-41/h1-2,4-7,9-12,17-18,29-31,36-39,45-46H,3,8,13-16,19-26H2,(H2,42,43,47)/t29?,30?,31?,36-,37+,38-,39-,41?/m0/s1. The van der Waals surface area contributed by atoms with E-state index in [1.54, 1.807) is 0 Å². The smallest absolute Gasteiger partial charge is 0.315 e. The molecule has 2 heterocycles. The van der Waals surface area contributed by atoms with Crippen LogP contribution in [0.1, 0.15) is 92.4 Å². The molecule has 4 aliphatic carbocycles. The van der Waals surface area contributed by atoms with Gasteiger partial charge in [0, 0.05) is 36.7 Å². The fourth-order valence-corrected chi connectivity index (χ4v) is 10.1. The first kappa shape index (κ1) is 32.9. The molecule has 4 bridgehead atoms. The summed E-state index contributed by atoms with van der Waals surface area (Å²) in [5, 5.41) is 26.1. The van der Waals surface area contributed by atoms with Crippen molar-refractivity contribution in [3.63, 3.8) is 0 Å². The van der Waals surface area contributed by atoms with E-state index in [0.29, 0.717) is 6.54 Å². The molecule has 6 fully saturated rings. The summed E-state index contributed by atoms with van der Waals surface area (Å²) in [5.41, 5.74) is 6.10. The van der Waals surface area contributed by atoms with Crippen molar-refractivity contribution in [1.29, 1.82) is 0 Å². The zero-order chi connectivity index (χ0) is 33.4. The van der Waals surface area contributed by atoms with E-state index in [1.165, 1.54) is 19.3 Å². The SMILES string of the molecule is O=C(NCc1cccc(-c2cccc([C@H]3O[C@@H](CN4CCC[C@H]4CO)C[C@@H](c4ccc(CO)cc4)O3)c2)c1)NC12CC3CC(CC(C3)C1)C2. The highest BCUT2D eigenvalue weighted by molar-refractivity contribution is 5.75. The van der Waals surface area contributed by atoms with Crippen LogP contribution in [0, 0.1) is 17.8 Å². The number of aliphatic hydroxyl groups is 2. The Morgan fingerprint density at radius 3 is 2.24 bits per heavy atom. The van der Waals surface area contributed by atoms with E-state index in [9.17, 15) is 15.0 Å². The second-order valence-electron chi connectivity index (χ2n) is 15.7. The normalized spacial score (nSPS) is 32.3. The molecule has 2 amide bonds. The molecule has 8 heteroatoms. The van der Waals surface area contributed by atoms with Crippen molar-refractivity contribution >= 4 is 6.03 Å². The Morgan fingerprint density at radius 1 is 0.816 bits per heavy atom. The topological polar surface area (TPSA) is 103 Å². The number of carbonyl (C=O) groups excluding carboxylic acids is 1. The lowest BCUT2D eigenvalue weighted by molar-refractivity contribution is -0.253. The van der Waals surface area contributed by atoms with Gasteiger partial charge in [0.2, 0.25) is 0 Å². The van der Waals surface area contributed by atoms with Gasteiger partial charge >= 0.3 is 6.03 Å². The second kappa shape index (κ2) is 14.2. The third-order valence-corrected chi connectivity index (χ3v) is 12.1. The van der Waals surface area contributed by atoms with Crippen LogP contribution in [0.15, 0.2) is 72.8 Å². The van der Waals surface area contributed by atoms with Gasteiger partial charge in [-0.3, -0.25) is 4.90 Å². The van der Waals surface area contributed by atoms with Gasteiger partial charge in [0.1, 0.15) is 0 Å². The quantitative estimate of drug-likeness (QED) is 0.194. The molecule has 0 aromatic heterocycles. The summed E-state index contributed by atoms with van der Waals surface area (Å²) in [4.78, 5) is 15.5. The van der Waals surface area contributed by atoms with Crippen LogP contribution in [0.4, 0.5) is 4.79 Å². The first-order valence-corrected chi connectivity index (χ1v) is 18.5. The van der Waals surface area contributed by atoms with Crippen LogP contribution in [0.25, 0.3) is 11.1 Å². The summed E-state index contributed by atoms with van der Waals surface area (Å²) in [6, 6.07) is 24.9. The van der Waals surface area contributed by atoms with E-state index < -0.39 is 6.29 Å². The Hall–Kier alpha value is -3.27. The Morgan fingerprint density at radius 2 is 1.53 bits per heavy atom. The van der Waals surface area contributed by atoms with Gasteiger partial charge in [0.25, 0.3) is 0 Å². The fraction of sp³-hybridized carbons (Fsp3) is 0.537. The van der Waals surface area contributed by atoms with Gasteiger partial charge in [-0.2, -0.15) is 0 Å². The van der Waals surface area contributed by atoms with Crippen molar-refractivity contribution in [2.75, 3.05) is 19.7 Å². The van der Waals surface area contributed by atoms with Crippen LogP contribution < -0.4 is 10.6 Å². The molecule has 0 radical (unpaired) electrons. The highest BCUT2D eigenvalue weighted by Crippen LogP contribution is 2.55. The maximum atomic E-state index is 13.1. The number of carbonyl (C=O) groups is 1. The number of ether oxygens (including phenoxy) is 2. The summed E-state index contributed by atoms with van der Waals surface area (Å²) in [6.07, 6.45) is 9.57. The van der Waals surface area contributed by atoms with Crippen LogP contribution >= 0.6 is 0 Å². The number of rotatable bonds is 10. The number of aliphatic hydroxyl groups excluding tert-OH is 2. The van der Waals surface area contributed by atoms with Crippen molar-refractivity contribution in [3.8, 4) is 11.1 Å². The molecular weight excluding hydrogens is 614 g/mol. The molecule has 4 N–H and O–H groups in total. The lowest BCUT2D eigenvalue weighted by atomic mass is 9.53. The Labute approximate surface area is 290 Å². The maximum absolute atomic E-state index is 13.1. The summed E-state index contributed by atoms with van der Waals surface area (Å²) in [5.74, 6) is 2.38. The van der Waals surface area contributed by atoms with E-state index in [1.807, 2.05) is 24.3 Å². The third-order valence-electron chi connectivity index (χ3n) is 12.1. The molecule has 6 aliphatic rings. The molecule has 4 saturated carbocycles. The molecule has 8 nitrogen and oxygen atoms in total. The molecular formula is C41H51N3O5. The Balaban J connectivity index is 0.956. The zero-order valence-corrected chi connectivity index (χ0v) is 28.4. The first-order chi connectivity index (χ1) is 23.9. The summed E-state index contributed by atoms with van der Waals surface area (Å²) in [7, 11) is 0. The number of likely N-dealkylation sites (tertiary alicyclic amines) is 1. The number of nitrogens with one attached hydrogen (secondary N) is 2. The highest BCUT2D eigenvalue weighted by Gasteiger charge is 2.51. The number of amides is 2. The van der Waals surface area contributed by atoms with Crippen molar-refractivity contribution in [2.24, 2.45) is 17.8 Å². The van der Waals surface area contributed by atoms with Gasteiger partial charge in [0.05, 0.1) is 25.4 Å². The monoisotopic (exact) mass is 665 g/mol. The number of hydrogen-bond acceptors (Lipinski definition) is 6. The molecule has 3 aromatic rings. The number of urea groups is 1. The fourth-order valence-electron chi connectivity index (χ4n) is 10.1. The molecule has 4 atom stereocenters. The van der Waals surface area contributed by atoms with Gasteiger partial charge < -0.3 is 30.3 Å². The predicted molar refractivity (Wildman–Crippen MR) is 188 cm³/mol. The van der Waals surface area contributed by atoms with E-state index in [4.69, 9.17) is 9.47 Å². The largest absolute Gasteiger partial charge is 0.395 e. The van der Waals surface area contributed by atoms with E-state index >= 15 is 0 Å². The third kappa shape index (κ3) is 7.31. The van der Waals surface area contributed by atoms with Crippen LogP contribution in [-0.4, -0.2) is 58.5 Å². The van der Waals surface area contributed by atoms with Crippen LogP contribution in [0.5, 0.6) is 0 Å². The van der Waals surface area contributed by atoms with Crippen LogP contribution in [0.2, 0.25) is 0 Å². The molecule has 9 rings (SSSR count). The minimum Gasteiger partial charge on any atom is -0.395 e. The molecule has 2 saturated heterocycles. The minimum atomic E-state index is -0.547. The molecule has 2 aliphatic heterocycles. The van der Waals surface area contributed by atoms with E-state index in [0.717, 1.165) is 103 Å². The second-order valence-corrected chi connectivity index (χ2v) is 15.7. The number of benzene rings is 3. The lowest BCUT2D eigenvalue weighted by Crippen LogP contribution is -2.61. The summed E-state index contributed by atoms with van der Waals surface area (Å²) < 4.78 is 13.3. The van der Waals surface area contributed by atoms with Crippen molar-refractivity contribution in [3.05, 3.63) is 95.1 Å². The summed E-state index contributed by atoms with van der Waals surface area (Å²) in [6.45, 7) is 2.38. The van der Waals surface area contributed by atoms with Crippen LogP contribution in [-0.2, 0) is 22.6 Å². The zero-order valence-electron chi connectivity index (χ0n) is 28.4. The van der Waals surface area contributed by atoms with Gasteiger partial charge in [-0.15, -0.1) is 0 Å². The highest BCUT2D eigenvalue weighted by atomic mass is 16.7. The van der Waals surface area contributed by atoms with E-state index in [-0.39, 0.29) is 43.0 Å². The van der Waals surface area contributed by atoms with E-state index in [2.05, 4.69) is 64.1 Å². The van der Waals surface area contributed by atoms with Crippen molar-refractivity contribution in [1.82, 2.24) is 15.5 Å². The molecule has 260 valence electrons. The van der Waals surface area contributed by atoms with Gasteiger partial charge in [0.15, 0.2) is 6.29 Å². The molecule has 3 aromatic carbocycles. The number of hydrogen-bond donors (Lipinski definition) is 4. The number of nitrogens with zero attached hydrogens (tertiary/aromatic N) is 1. The predicted octanol–water partition coefficient (Wildman–Crippen LogP) is 6.62. The maximum Gasteiger partial charge on any atom is 0.315 e.